The summed E-state index contributed by atoms with van der Waals surface area (Å²) < 4.78 is 0. The second-order valence-corrected chi connectivity index (χ2v) is 5.59. The molecule has 0 aliphatic heterocycles. The molecule has 0 radical (unpaired) electrons. The maximum Gasteiger partial charge on any atom is 0.224 e. The van der Waals surface area contributed by atoms with Crippen molar-refractivity contribution in [2.45, 2.75) is 40.2 Å². The summed E-state index contributed by atoms with van der Waals surface area (Å²) in [6.45, 7) is 7.78. The predicted octanol–water partition coefficient (Wildman–Crippen LogP) is 3.11. The van der Waals surface area contributed by atoms with Crippen molar-refractivity contribution in [3.63, 3.8) is 0 Å². The third kappa shape index (κ3) is 5.00. The predicted molar refractivity (Wildman–Crippen MR) is 69.8 cm³/mol. The second kappa shape index (κ2) is 5.32. The monoisotopic (exact) mass is 235 g/mol. The van der Waals surface area contributed by atoms with E-state index < -0.39 is 6.10 Å². The van der Waals surface area contributed by atoms with Crippen LogP contribution in [0.4, 0.5) is 5.69 Å². The molecule has 1 amide bonds. The lowest BCUT2D eigenvalue weighted by Gasteiger charge is -2.17. The molecule has 94 valence electrons. The average molecular weight is 235 g/mol. The van der Waals surface area contributed by atoms with Gasteiger partial charge < -0.3 is 10.4 Å². The number of nitrogens with one attached hydrogen (secondary N) is 1. The first-order valence-electron chi connectivity index (χ1n) is 5.86. The molecule has 1 aromatic rings. The van der Waals surface area contributed by atoms with Crippen molar-refractivity contribution in [2.75, 3.05) is 5.32 Å². The van der Waals surface area contributed by atoms with E-state index in [1.165, 1.54) is 0 Å². The Hall–Kier alpha value is -1.35. The van der Waals surface area contributed by atoms with Gasteiger partial charge in [0.1, 0.15) is 0 Å². The number of benzene rings is 1. The largest absolute Gasteiger partial charge is 0.389 e. The van der Waals surface area contributed by atoms with Crippen LogP contribution in [0.3, 0.4) is 0 Å². The average Bonchev–Trinajstić information content (AvgIpc) is 2.14. The van der Waals surface area contributed by atoms with Crippen molar-refractivity contribution in [1.82, 2.24) is 0 Å². The minimum Gasteiger partial charge on any atom is -0.389 e. The van der Waals surface area contributed by atoms with E-state index in [9.17, 15) is 9.90 Å². The Bertz CT molecular complexity index is 391. The van der Waals surface area contributed by atoms with Gasteiger partial charge in [0.2, 0.25) is 5.91 Å². The van der Waals surface area contributed by atoms with E-state index >= 15 is 0 Å². The SMILES string of the molecule is CC(O)c1cccc(NC(=O)CC(C)(C)C)c1. The Kier molecular flexibility index (Phi) is 4.29. The fraction of sp³-hybridized carbons (Fsp3) is 0.500. The van der Waals surface area contributed by atoms with E-state index in [-0.39, 0.29) is 11.3 Å². The number of carbonyl (C=O) groups is 1. The van der Waals surface area contributed by atoms with Gasteiger partial charge in [0, 0.05) is 12.1 Å². The topological polar surface area (TPSA) is 49.3 Å². The molecule has 3 heteroatoms. The van der Waals surface area contributed by atoms with E-state index in [2.05, 4.69) is 5.32 Å². The smallest absolute Gasteiger partial charge is 0.224 e. The molecule has 17 heavy (non-hydrogen) atoms. The van der Waals surface area contributed by atoms with Crippen molar-refractivity contribution >= 4 is 11.6 Å². The lowest BCUT2D eigenvalue weighted by molar-refractivity contribution is -0.117. The third-order valence-corrected chi connectivity index (χ3v) is 2.34. The molecule has 0 aliphatic rings. The zero-order chi connectivity index (χ0) is 13.1. The molecule has 0 aromatic heterocycles. The van der Waals surface area contributed by atoms with E-state index in [1.54, 1.807) is 13.0 Å². The summed E-state index contributed by atoms with van der Waals surface area (Å²) in [5.41, 5.74) is 1.52. The summed E-state index contributed by atoms with van der Waals surface area (Å²) in [5.74, 6) is 0.000225. The molecular weight excluding hydrogens is 214 g/mol. The molecule has 0 fully saturated rings. The first kappa shape index (κ1) is 13.7. The number of aliphatic hydroxyl groups excluding tert-OH is 1. The standard InChI is InChI=1S/C14H21NO2/c1-10(16)11-6-5-7-12(8-11)15-13(17)9-14(2,3)4/h5-8,10,16H,9H2,1-4H3,(H,15,17). The Morgan fingerprint density at radius 1 is 1.41 bits per heavy atom. The molecule has 2 N–H and O–H groups in total. The minimum absolute atomic E-state index is 0.000225. The number of hydrogen-bond acceptors (Lipinski definition) is 2. The summed E-state index contributed by atoms with van der Waals surface area (Å²) in [6, 6.07) is 7.29. The number of carbonyl (C=O) groups excluding carboxylic acids is 1. The van der Waals surface area contributed by atoms with Crippen molar-refractivity contribution in [1.29, 1.82) is 0 Å². The highest BCUT2D eigenvalue weighted by Crippen LogP contribution is 2.21. The quantitative estimate of drug-likeness (QED) is 0.845. The van der Waals surface area contributed by atoms with Crippen molar-refractivity contribution in [3.05, 3.63) is 29.8 Å². The first-order chi connectivity index (χ1) is 7.78. The van der Waals surface area contributed by atoms with Crippen LogP contribution in [0.15, 0.2) is 24.3 Å². The molecule has 0 aliphatic carbocycles. The van der Waals surface area contributed by atoms with Gasteiger partial charge in [0.05, 0.1) is 6.10 Å². The van der Waals surface area contributed by atoms with Crippen LogP contribution in [0.1, 0.15) is 45.8 Å². The molecular formula is C14H21NO2. The number of rotatable bonds is 3. The molecule has 0 saturated carbocycles. The van der Waals surface area contributed by atoms with Gasteiger partial charge in [-0.1, -0.05) is 32.9 Å². The van der Waals surface area contributed by atoms with Gasteiger partial charge in [-0.15, -0.1) is 0 Å². The molecule has 0 saturated heterocycles. The summed E-state index contributed by atoms with van der Waals surface area (Å²) in [5, 5.41) is 12.3. The molecule has 3 nitrogen and oxygen atoms in total. The van der Waals surface area contributed by atoms with Gasteiger partial charge in [0.15, 0.2) is 0 Å². The van der Waals surface area contributed by atoms with Gasteiger partial charge in [-0.25, -0.2) is 0 Å². The summed E-state index contributed by atoms with van der Waals surface area (Å²) in [7, 11) is 0. The van der Waals surface area contributed by atoms with Gasteiger partial charge in [-0.3, -0.25) is 4.79 Å². The van der Waals surface area contributed by atoms with Crippen LogP contribution in [0.5, 0.6) is 0 Å². The molecule has 1 atom stereocenters. The lowest BCUT2D eigenvalue weighted by Crippen LogP contribution is -2.19. The van der Waals surface area contributed by atoms with Crippen LogP contribution in [-0.4, -0.2) is 11.0 Å². The molecule has 0 heterocycles. The van der Waals surface area contributed by atoms with Gasteiger partial charge in [-0.05, 0) is 30.0 Å². The van der Waals surface area contributed by atoms with Crippen molar-refractivity contribution < 1.29 is 9.90 Å². The summed E-state index contributed by atoms with van der Waals surface area (Å²) in [4.78, 5) is 11.7. The van der Waals surface area contributed by atoms with E-state index in [4.69, 9.17) is 0 Å². The zero-order valence-corrected chi connectivity index (χ0v) is 10.9. The van der Waals surface area contributed by atoms with Crippen molar-refractivity contribution in [3.8, 4) is 0 Å². The van der Waals surface area contributed by atoms with Crippen molar-refractivity contribution in [2.24, 2.45) is 5.41 Å². The number of hydrogen-bond donors (Lipinski definition) is 2. The maximum atomic E-state index is 11.7. The first-order valence-corrected chi connectivity index (χ1v) is 5.86. The second-order valence-electron chi connectivity index (χ2n) is 5.59. The van der Waals surface area contributed by atoms with Crippen LogP contribution in [0.2, 0.25) is 0 Å². The molecule has 1 aromatic carbocycles. The highest BCUT2D eigenvalue weighted by atomic mass is 16.3. The lowest BCUT2D eigenvalue weighted by atomic mass is 9.92. The molecule has 0 bridgehead atoms. The Labute approximate surface area is 103 Å². The summed E-state index contributed by atoms with van der Waals surface area (Å²) in [6.07, 6.45) is -0.0409. The third-order valence-electron chi connectivity index (χ3n) is 2.34. The highest BCUT2D eigenvalue weighted by Gasteiger charge is 2.16. The maximum absolute atomic E-state index is 11.7. The normalized spacial score (nSPS) is 13.2. The summed E-state index contributed by atoms with van der Waals surface area (Å²) >= 11 is 0. The van der Waals surface area contributed by atoms with Crippen LogP contribution >= 0.6 is 0 Å². The fourth-order valence-electron chi connectivity index (χ4n) is 1.56. The van der Waals surface area contributed by atoms with Crippen LogP contribution in [-0.2, 0) is 4.79 Å². The Morgan fingerprint density at radius 3 is 2.59 bits per heavy atom. The molecule has 0 spiro atoms. The number of aliphatic hydroxyl groups is 1. The van der Waals surface area contributed by atoms with E-state index in [0.29, 0.717) is 6.42 Å². The van der Waals surface area contributed by atoms with Gasteiger partial charge in [-0.2, -0.15) is 0 Å². The minimum atomic E-state index is -0.519. The Balaban J connectivity index is 2.69. The molecule has 1 unspecified atom stereocenters. The van der Waals surface area contributed by atoms with E-state index in [0.717, 1.165) is 11.3 Å². The highest BCUT2D eigenvalue weighted by molar-refractivity contribution is 5.91. The van der Waals surface area contributed by atoms with Crippen LogP contribution < -0.4 is 5.32 Å². The van der Waals surface area contributed by atoms with Gasteiger partial charge >= 0.3 is 0 Å². The zero-order valence-electron chi connectivity index (χ0n) is 10.9. The van der Waals surface area contributed by atoms with Crippen LogP contribution in [0.25, 0.3) is 0 Å². The van der Waals surface area contributed by atoms with Gasteiger partial charge in [0.25, 0.3) is 0 Å². The number of amides is 1. The van der Waals surface area contributed by atoms with E-state index in [1.807, 2.05) is 39.0 Å². The number of anilines is 1. The fourth-order valence-corrected chi connectivity index (χ4v) is 1.56. The molecule has 1 rings (SSSR count). The Morgan fingerprint density at radius 2 is 2.06 bits per heavy atom. The van der Waals surface area contributed by atoms with Crippen LogP contribution in [0, 0.1) is 5.41 Å².